The first-order chi connectivity index (χ1) is 8.01. The molecule has 17 heavy (non-hydrogen) atoms. The number of nitrogens with zero attached hydrogens (tertiary/aromatic N) is 2. The third-order valence-corrected chi connectivity index (χ3v) is 3.36. The second kappa shape index (κ2) is 3.98. The number of aliphatic carboxylic acids is 1. The van der Waals surface area contributed by atoms with Crippen LogP contribution in [0.2, 0.25) is 0 Å². The zero-order valence-corrected chi connectivity index (χ0v) is 9.09. The Hall–Kier alpha value is -2.22. The van der Waals surface area contributed by atoms with Crippen molar-refractivity contribution in [1.29, 1.82) is 0 Å². The molecule has 0 bridgehead atoms. The molecule has 7 nitrogen and oxygen atoms in total. The molecule has 0 atom stereocenters. The number of aliphatic imine (C=N–C) groups is 1. The smallest absolute Gasteiger partial charge is 0.349 e. The molecule has 0 aromatic carbocycles. The van der Waals surface area contributed by atoms with Crippen molar-refractivity contribution >= 4 is 21.0 Å². The molecule has 2 heterocycles. The van der Waals surface area contributed by atoms with E-state index in [1.165, 1.54) is 18.5 Å². The van der Waals surface area contributed by atoms with Crippen LogP contribution in [0.1, 0.15) is 0 Å². The van der Waals surface area contributed by atoms with Gasteiger partial charge in [0.25, 0.3) is 9.84 Å². The molecule has 0 fully saturated rings. The Bertz CT molecular complexity index is 618. The van der Waals surface area contributed by atoms with Crippen LogP contribution >= 0.6 is 0 Å². The topological polar surface area (TPSA) is 106 Å². The minimum absolute atomic E-state index is 0.162. The van der Waals surface area contributed by atoms with E-state index in [2.05, 4.69) is 9.98 Å². The molecule has 1 N–H and O–H groups in total. The predicted octanol–water partition coefficient (Wildman–Crippen LogP) is 0.171. The highest BCUT2D eigenvalue weighted by Gasteiger charge is 2.36. The van der Waals surface area contributed by atoms with Gasteiger partial charge in [-0.15, -0.1) is 0 Å². The van der Waals surface area contributed by atoms with E-state index in [-0.39, 0.29) is 5.75 Å². The van der Waals surface area contributed by atoms with E-state index in [9.17, 15) is 13.2 Å². The highest BCUT2D eigenvalue weighted by Crippen LogP contribution is 2.20. The molecule has 0 unspecified atom stereocenters. The molecule has 2 rings (SSSR count). The lowest BCUT2D eigenvalue weighted by Crippen LogP contribution is -2.22. The van der Waals surface area contributed by atoms with Crippen LogP contribution in [0, 0.1) is 0 Å². The molecule has 0 amide bonds. The first-order valence-corrected chi connectivity index (χ1v) is 5.84. The van der Waals surface area contributed by atoms with Gasteiger partial charge in [-0.25, -0.2) is 18.2 Å². The molecule has 1 aliphatic rings. The van der Waals surface area contributed by atoms with Gasteiger partial charge in [-0.2, -0.15) is 0 Å². The first kappa shape index (κ1) is 11.3. The third kappa shape index (κ3) is 2.02. The standard InChI is InChI=1S/C9H6N2O5S/c12-8(13)7-5-11-9(17(7,14)15)16-6-2-1-3-10-4-6/h1-5H,(H,12,13). The van der Waals surface area contributed by atoms with Crippen molar-refractivity contribution in [3.63, 3.8) is 0 Å². The van der Waals surface area contributed by atoms with Crippen molar-refractivity contribution in [2.75, 3.05) is 0 Å². The number of hydrogen-bond donors (Lipinski definition) is 1. The number of carbonyl (C=O) groups is 1. The van der Waals surface area contributed by atoms with Gasteiger partial charge in [0, 0.05) is 6.20 Å². The summed E-state index contributed by atoms with van der Waals surface area (Å²) in [6.07, 6.45) is 3.51. The van der Waals surface area contributed by atoms with Gasteiger partial charge in [0.15, 0.2) is 4.91 Å². The van der Waals surface area contributed by atoms with Crippen molar-refractivity contribution in [2.45, 2.75) is 0 Å². The quantitative estimate of drug-likeness (QED) is 0.806. The SMILES string of the molecule is O=C(O)C1=CN=C(Oc2cccnc2)S1(=O)=O. The summed E-state index contributed by atoms with van der Waals surface area (Å²) in [5.74, 6) is -1.41. The molecule has 1 aliphatic heterocycles. The Balaban J connectivity index is 2.26. The molecule has 0 saturated heterocycles. The van der Waals surface area contributed by atoms with E-state index < -0.39 is 25.9 Å². The zero-order valence-electron chi connectivity index (χ0n) is 8.27. The number of carboxylic acids is 1. The van der Waals surface area contributed by atoms with E-state index in [1.807, 2.05) is 0 Å². The normalized spacial score (nSPS) is 17.2. The van der Waals surface area contributed by atoms with E-state index in [1.54, 1.807) is 6.07 Å². The van der Waals surface area contributed by atoms with E-state index >= 15 is 0 Å². The molecule has 8 heteroatoms. The summed E-state index contributed by atoms with van der Waals surface area (Å²) in [5, 5.41) is 7.98. The predicted molar refractivity (Wildman–Crippen MR) is 56.9 cm³/mol. The fraction of sp³-hybridized carbons (Fsp3) is 0. The van der Waals surface area contributed by atoms with Gasteiger partial charge in [0.1, 0.15) is 5.75 Å². The molecule has 0 spiro atoms. The second-order valence-corrected chi connectivity index (χ2v) is 4.78. The first-order valence-electron chi connectivity index (χ1n) is 4.36. The number of sulfone groups is 1. The van der Waals surface area contributed by atoms with Crippen LogP contribution < -0.4 is 4.74 Å². The molecule has 88 valence electrons. The van der Waals surface area contributed by atoms with Gasteiger partial charge in [-0.3, -0.25) is 4.98 Å². The number of pyridine rings is 1. The van der Waals surface area contributed by atoms with Crippen molar-refractivity contribution in [3.8, 4) is 5.75 Å². The van der Waals surface area contributed by atoms with Crippen LogP contribution in [-0.4, -0.2) is 29.7 Å². The van der Waals surface area contributed by atoms with Gasteiger partial charge in [0.05, 0.1) is 12.4 Å². The monoisotopic (exact) mass is 254 g/mol. The summed E-state index contributed by atoms with van der Waals surface area (Å²) in [4.78, 5) is 17.0. The highest BCUT2D eigenvalue weighted by molar-refractivity contribution is 8.10. The van der Waals surface area contributed by atoms with Crippen LogP contribution in [0.15, 0.2) is 40.6 Å². The average molecular weight is 254 g/mol. The lowest BCUT2D eigenvalue weighted by molar-refractivity contribution is -0.131. The van der Waals surface area contributed by atoms with Crippen molar-refractivity contribution in [2.24, 2.45) is 4.99 Å². The average Bonchev–Trinajstić information content (AvgIpc) is 2.56. The van der Waals surface area contributed by atoms with Crippen molar-refractivity contribution in [1.82, 2.24) is 4.98 Å². The van der Waals surface area contributed by atoms with Gasteiger partial charge >= 0.3 is 11.2 Å². The fourth-order valence-electron chi connectivity index (χ4n) is 1.10. The Morgan fingerprint density at radius 2 is 2.18 bits per heavy atom. The minimum Gasteiger partial charge on any atom is -0.477 e. The molecular weight excluding hydrogens is 248 g/mol. The third-order valence-electron chi connectivity index (χ3n) is 1.86. The van der Waals surface area contributed by atoms with Crippen LogP contribution in [0.3, 0.4) is 0 Å². The Morgan fingerprint density at radius 1 is 1.41 bits per heavy atom. The second-order valence-electron chi connectivity index (χ2n) is 2.99. The van der Waals surface area contributed by atoms with Gasteiger partial charge in [0.2, 0.25) is 0 Å². The Kier molecular flexibility index (Phi) is 2.64. The summed E-state index contributed by atoms with van der Waals surface area (Å²) < 4.78 is 28.2. The highest BCUT2D eigenvalue weighted by atomic mass is 32.2. The minimum atomic E-state index is -4.16. The van der Waals surface area contributed by atoms with Crippen LogP contribution in [-0.2, 0) is 14.6 Å². The van der Waals surface area contributed by atoms with Crippen LogP contribution in [0.5, 0.6) is 5.75 Å². The van der Waals surface area contributed by atoms with Crippen molar-refractivity contribution in [3.05, 3.63) is 35.6 Å². The van der Waals surface area contributed by atoms with Crippen LogP contribution in [0.25, 0.3) is 0 Å². The zero-order chi connectivity index (χ0) is 12.5. The molecule has 1 aromatic rings. The summed E-state index contributed by atoms with van der Waals surface area (Å²) in [6.45, 7) is 0. The fourth-order valence-corrected chi connectivity index (χ4v) is 2.11. The molecule has 1 aromatic heterocycles. The number of hydrogen-bond acceptors (Lipinski definition) is 6. The maximum Gasteiger partial charge on any atom is 0.349 e. The molecular formula is C9H6N2O5S. The summed E-state index contributed by atoms with van der Waals surface area (Å²) in [5.41, 5.74) is 0. The number of ether oxygens (including phenoxy) is 1. The van der Waals surface area contributed by atoms with Crippen molar-refractivity contribution < 1.29 is 23.1 Å². The number of carboxylic acid groups (broad SMARTS) is 1. The van der Waals surface area contributed by atoms with Gasteiger partial charge in [-0.05, 0) is 12.1 Å². The molecule has 0 aliphatic carbocycles. The number of rotatable bonds is 2. The van der Waals surface area contributed by atoms with Gasteiger partial charge < -0.3 is 9.84 Å². The number of aromatic nitrogens is 1. The summed E-state index contributed by atoms with van der Waals surface area (Å²) in [7, 11) is -4.16. The van der Waals surface area contributed by atoms with E-state index in [0.29, 0.717) is 0 Å². The Morgan fingerprint density at radius 3 is 2.71 bits per heavy atom. The van der Waals surface area contributed by atoms with E-state index in [4.69, 9.17) is 9.84 Å². The van der Waals surface area contributed by atoms with Gasteiger partial charge in [-0.1, -0.05) is 0 Å². The lowest BCUT2D eigenvalue weighted by Gasteiger charge is -2.04. The maximum atomic E-state index is 11.6. The summed E-state index contributed by atoms with van der Waals surface area (Å²) >= 11 is 0. The van der Waals surface area contributed by atoms with Crippen LogP contribution in [0.4, 0.5) is 0 Å². The lowest BCUT2D eigenvalue weighted by atomic mass is 10.5. The van der Waals surface area contributed by atoms with E-state index in [0.717, 1.165) is 6.20 Å². The largest absolute Gasteiger partial charge is 0.477 e. The molecule has 0 radical (unpaired) electrons. The maximum absolute atomic E-state index is 11.6. The summed E-state index contributed by atoms with van der Waals surface area (Å²) in [6, 6.07) is 3.02. The Labute approximate surface area is 96.0 Å². The molecule has 0 saturated carbocycles.